The van der Waals surface area contributed by atoms with Crippen LogP contribution >= 0.6 is 0 Å². The molecule has 0 aliphatic carbocycles. The van der Waals surface area contributed by atoms with Gasteiger partial charge in [-0.2, -0.15) is 0 Å². The fourth-order valence-electron chi connectivity index (χ4n) is 6.32. The number of benzene rings is 7. The molecule has 7 rings (SSSR count). The van der Waals surface area contributed by atoms with E-state index >= 15 is 0 Å². The van der Waals surface area contributed by atoms with Crippen LogP contribution in [-0.4, -0.2) is 11.8 Å². The standard InChI is InChI=1S/C40H32N2O2/c43-39(41-25-37-33-16-5-1-12-29(33)23-30-13-2-6-17-34(30)37)21-27-10-9-11-28(20-27)22-40(44)42-26-38-35-18-7-3-14-31(35)24-32-15-4-8-19-36(32)38/h1-20,23-24H,21-22,25-26H2,(H,41,43)(H,42,44). The van der Waals surface area contributed by atoms with Gasteiger partial charge in [-0.1, -0.05) is 121 Å². The van der Waals surface area contributed by atoms with E-state index in [1.807, 2.05) is 72.8 Å². The first-order valence-electron chi connectivity index (χ1n) is 15.0. The largest absolute Gasteiger partial charge is 0.352 e. The van der Waals surface area contributed by atoms with Crippen molar-refractivity contribution < 1.29 is 9.59 Å². The second-order valence-electron chi connectivity index (χ2n) is 11.3. The van der Waals surface area contributed by atoms with Gasteiger partial charge >= 0.3 is 0 Å². The third kappa shape index (κ3) is 5.62. The van der Waals surface area contributed by atoms with Gasteiger partial charge in [0.05, 0.1) is 12.8 Å². The molecular weight excluding hydrogens is 540 g/mol. The number of hydrogen-bond donors (Lipinski definition) is 2. The lowest BCUT2D eigenvalue weighted by Gasteiger charge is -2.13. The van der Waals surface area contributed by atoms with Crippen LogP contribution in [0.15, 0.2) is 133 Å². The third-order valence-electron chi connectivity index (χ3n) is 8.41. The highest BCUT2D eigenvalue weighted by molar-refractivity contribution is 6.03. The molecule has 2 N–H and O–H groups in total. The summed E-state index contributed by atoms with van der Waals surface area (Å²) in [7, 11) is 0. The summed E-state index contributed by atoms with van der Waals surface area (Å²) in [6.45, 7) is 0.900. The Hall–Kier alpha value is -5.48. The van der Waals surface area contributed by atoms with E-state index in [2.05, 4.69) is 71.3 Å². The van der Waals surface area contributed by atoms with Crippen molar-refractivity contribution in [2.75, 3.05) is 0 Å². The maximum atomic E-state index is 13.1. The Bertz CT molecular complexity index is 1920. The summed E-state index contributed by atoms with van der Waals surface area (Å²) in [4.78, 5) is 26.1. The summed E-state index contributed by atoms with van der Waals surface area (Å²) in [6.07, 6.45) is 0.500. The molecule has 0 radical (unpaired) electrons. The maximum absolute atomic E-state index is 13.1. The van der Waals surface area contributed by atoms with Gasteiger partial charge in [0, 0.05) is 13.1 Å². The molecule has 0 aliphatic heterocycles. The lowest BCUT2D eigenvalue weighted by Crippen LogP contribution is -2.25. The predicted molar refractivity (Wildman–Crippen MR) is 180 cm³/mol. The zero-order valence-corrected chi connectivity index (χ0v) is 24.3. The molecule has 214 valence electrons. The number of rotatable bonds is 8. The molecule has 0 bridgehead atoms. The molecule has 2 amide bonds. The molecule has 4 heteroatoms. The van der Waals surface area contributed by atoms with Crippen LogP contribution in [0.1, 0.15) is 22.3 Å². The maximum Gasteiger partial charge on any atom is 0.224 e. The van der Waals surface area contributed by atoms with Crippen molar-refractivity contribution in [2.24, 2.45) is 0 Å². The molecule has 0 atom stereocenters. The second kappa shape index (κ2) is 12.0. The Morgan fingerprint density at radius 2 is 0.750 bits per heavy atom. The van der Waals surface area contributed by atoms with Crippen LogP contribution in [0.2, 0.25) is 0 Å². The molecule has 44 heavy (non-hydrogen) atoms. The normalized spacial score (nSPS) is 11.3. The molecular formula is C40H32N2O2. The number of nitrogens with one attached hydrogen (secondary N) is 2. The molecule has 0 aliphatic rings. The number of carbonyl (C=O) groups is 2. The van der Waals surface area contributed by atoms with Gasteiger partial charge in [-0.3, -0.25) is 9.59 Å². The summed E-state index contributed by atoms with van der Waals surface area (Å²) in [6, 6.07) is 45.3. The molecule has 0 fully saturated rings. The van der Waals surface area contributed by atoms with Gasteiger partial charge in [0.1, 0.15) is 0 Å². The first kappa shape index (κ1) is 27.4. The first-order chi connectivity index (χ1) is 21.6. The summed E-state index contributed by atoms with van der Waals surface area (Å²) < 4.78 is 0. The number of fused-ring (bicyclic) bond motifs is 4. The van der Waals surface area contributed by atoms with E-state index in [1.54, 1.807) is 0 Å². The quantitative estimate of drug-likeness (QED) is 0.181. The lowest BCUT2D eigenvalue weighted by atomic mass is 9.96. The van der Waals surface area contributed by atoms with Crippen molar-refractivity contribution in [3.05, 3.63) is 156 Å². The summed E-state index contributed by atoms with van der Waals surface area (Å²) in [5.74, 6) is -0.0992. The monoisotopic (exact) mass is 572 g/mol. The van der Waals surface area contributed by atoms with E-state index in [0.29, 0.717) is 13.1 Å². The second-order valence-corrected chi connectivity index (χ2v) is 11.3. The van der Waals surface area contributed by atoms with Crippen LogP contribution < -0.4 is 10.6 Å². The Morgan fingerprint density at radius 1 is 0.409 bits per heavy atom. The van der Waals surface area contributed by atoms with Crippen LogP contribution in [0.25, 0.3) is 43.1 Å². The Kier molecular flexibility index (Phi) is 7.47. The zero-order chi connectivity index (χ0) is 29.9. The van der Waals surface area contributed by atoms with E-state index in [4.69, 9.17) is 0 Å². The molecule has 0 unspecified atom stereocenters. The average Bonchev–Trinajstić information content (AvgIpc) is 3.05. The van der Waals surface area contributed by atoms with Crippen molar-refractivity contribution in [1.29, 1.82) is 0 Å². The van der Waals surface area contributed by atoms with E-state index in [0.717, 1.165) is 65.3 Å². The number of carbonyl (C=O) groups excluding carboxylic acids is 2. The van der Waals surface area contributed by atoms with Crippen LogP contribution in [-0.2, 0) is 35.5 Å². The first-order valence-corrected chi connectivity index (χ1v) is 15.0. The Morgan fingerprint density at radius 3 is 1.11 bits per heavy atom. The SMILES string of the molecule is O=C(Cc1cccc(CC(=O)NCc2c3ccccc3cc3ccccc23)c1)NCc1c2ccccc2cc2ccccc12. The fraction of sp³-hybridized carbons (Fsp3) is 0.100. The molecule has 0 saturated heterocycles. The third-order valence-corrected chi connectivity index (χ3v) is 8.41. The topological polar surface area (TPSA) is 58.2 Å². The predicted octanol–water partition coefficient (Wildman–Crippen LogP) is 8.02. The van der Waals surface area contributed by atoms with Gasteiger partial charge in [-0.05, 0) is 77.5 Å². The smallest absolute Gasteiger partial charge is 0.224 e. The molecule has 7 aromatic rings. The van der Waals surface area contributed by atoms with Crippen LogP contribution in [0.5, 0.6) is 0 Å². The van der Waals surface area contributed by atoms with Crippen molar-refractivity contribution >= 4 is 54.9 Å². The van der Waals surface area contributed by atoms with Crippen molar-refractivity contribution in [3.8, 4) is 0 Å². The van der Waals surface area contributed by atoms with Crippen molar-refractivity contribution in [2.45, 2.75) is 25.9 Å². The van der Waals surface area contributed by atoms with E-state index in [1.165, 1.54) is 0 Å². The number of amides is 2. The summed E-state index contributed by atoms with van der Waals surface area (Å²) in [5.41, 5.74) is 4.01. The summed E-state index contributed by atoms with van der Waals surface area (Å²) in [5, 5.41) is 15.5. The Balaban J connectivity index is 1.02. The minimum absolute atomic E-state index is 0.0496. The van der Waals surface area contributed by atoms with Crippen LogP contribution in [0.4, 0.5) is 0 Å². The van der Waals surface area contributed by atoms with Crippen LogP contribution in [0.3, 0.4) is 0 Å². The van der Waals surface area contributed by atoms with Gasteiger partial charge in [0.25, 0.3) is 0 Å². The van der Waals surface area contributed by atoms with Gasteiger partial charge in [0.15, 0.2) is 0 Å². The molecule has 0 saturated carbocycles. The van der Waals surface area contributed by atoms with Crippen LogP contribution in [0, 0.1) is 0 Å². The highest BCUT2D eigenvalue weighted by Crippen LogP contribution is 2.29. The Labute approximate surface area is 256 Å². The lowest BCUT2D eigenvalue weighted by molar-refractivity contribution is -0.121. The average molecular weight is 573 g/mol. The van der Waals surface area contributed by atoms with Gasteiger partial charge < -0.3 is 10.6 Å². The highest BCUT2D eigenvalue weighted by atomic mass is 16.2. The molecule has 0 heterocycles. The minimum Gasteiger partial charge on any atom is -0.352 e. The molecule has 7 aromatic carbocycles. The van der Waals surface area contributed by atoms with E-state index in [9.17, 15) is 9.59 Å². The summed E-state index contributed by atoms with van der Waals surface area (Å²) >= 11 is 0. The van der Waals surface area contributed by atoms with Crippen molar-refractivity contribution in [3.63, 3.8) is 0 Å². The van der Waals surface area contributed by atoms with Gasteiger partial charge in [0.2, 0.25) is 11.8 Å². The molecule has 0 spiro atoms. The van der Waals surface area contributed by atoms with Crippen molar-refractivity contribution in [1.82, 2.24) is 10.6 Å². The molecule has 4 nitrogen and oxygen atoms in total. The highest BCUT2D eigenvalue weighted by Gasteiger charge is 2.12. The van der Waals surface area contributed by atoms with Gasteiger partial charge in [-0.15, -0.1) is 0 Å². The van der Waals surface area contributed by atoms with Gasteiger partial charge in [-0.25, -0.2) is 0 Å². The van der Waals surface area contributed by atoms with E-state index in [-0.39, 0.29) is 24.7 Å². The molecule has 0 aromatic heterocycles. The van der Waals surface area contributed by atoms with E-state index < -0.39 is 0 Å². The number of hydrogen-bond acceptors (Lipinski definition) is 2. The minimum atomic E-state index is -0.0496. The zero-order valence-electron chi connectivity index (χ0n) is 24.3. The fourth-order valence-corrected chi connectivity index (χ4v) is 6.32.